The van der Waals surface area contributed by atoms with Crippen LogP contribution in [-0.2, 0) is 0 Å². The molecule has 17 heavy (non-hydrogen) atoms. The number of hydrogen-bond acceptors (Lipinski definition) is 4. The summed E-state index contributed by atoms with van der Waals surface area (Å²) >= 11 is 0. The molecule has 1 aromatic rings. The minimum absolute atomic E-state index is 0.103. The predicted molar refractivity (Wildman–Crippen MR) is 63.2 cm³/mol. The summed E-state index contributed by atoms with van der Waals surface area (Å²) in [4.78, 5) is 37.8. The Labute approximate surface area is 97.6 Å². The Hall–Kier alpha value is -1.89. The van der Waals surface area contributed by atoms with Crippen LogP contribution in [0.1, 0.15) is 24.2 Å². The Balaban J connectivity index is 2.53. The van der Waals surface area contributed by atoms with Gasteiger partial charge in [0.2, 0.25) is 0 Å². The summed E-state index contributed by atoms with van der Waals surface area (Å²) in [6, 6.07) is 0.336. The Morgan fingerprint density at radius 3 is 2.65 bits per heavy atom. The zero-order chi connectivity index (χ0) is 12.8. The lowest BCUT2D eigenvalue weighted by molar-refractivity contribution is 0.0951. The average molecular weight is 240 g/mol. The summed E-state index contributed by atoms with van der Waals surface area (Å²) in [6.07, 6.45) is 1.10. The first-order valence-electron chi connectivity index (χ1n) is 5.34. The molecule has 1 heterocycles. The number of nitrogens with one attached hydrogen (secondary N) is 4. The molecule has 0 aliphatic carbocycles. The van der Waals surface area contributed by atoms with E-state index in [1.54, 1.807) is 0 Å². The van der Waals surface area contributed by atoms with Crippen molar-refractivity contribution in [3.63, 3.8) is 0 Å². The molecule has 1 aromatic heterocycles. The van der Waals surface area contributed by atoms with Crippen molar-refractivity contribution in [2.45, 2.75) is 19.9 Å². The fourth-order valence-corrected chi connectivity index (χ4v) is 1.21. The molecular weight excluding hydrogens is 224 g/mol. The lowest BCUT2D eigenvalue weighted by Crippen LogP contribution is -2.37. The van der Waals surface area contributed by atoms with Gasteiger partial charge in [-0.15, -0.1) is 0 Å². The molecule has 0 aromatic carbocycles. The zero-order valence-corrected chi connectivity index (χ0v) is 9.79. The van der Waals surface area contributed by atoms with Crippen LogP contribution in [0.15, 0.2) is 15.8 Å². The van der Waals surface area contributed by atoms with E-state index in [1.807, 2.05) is 18.8 Å². The van der Waals surface area contributed by atoms with Crippen LogP contribution in [0.25, 0.3) is 0 Å². The van der Waals surface area contributed by atoms with Crippen LogP contribution in [0.3, 0.4) is 0 Å². The van der Waals surface area contributed by atoms with E-state index < -0.39 is 17.2 Å². The van der Waals surface area contributed by atoms with E-state index in [4.69, 9.17) is 0 Å². The number of carbonyl (C=O) groups excluding carboxylic acids is 1. The van der Waals surface area contributed by atoms with E-state index >= 15 is 0 Å². The van der Waals surface area contributed by atoms with Crippen LogP contribution >= 0.6 is 0 Å². The Morgan fingerprint density at radius 1 is 1.35 bits per heavy atom. The third-order valence-corrected chi connectivity index (χ3v) is 2.03. The van der Waals surface area contributed by atoms with Gasteiger partial charge >= 0.3 is 5.69 Å². The van der Waals surface area contributed by atoms with Crippen molar-refractivity contribution in [3.05, 3.63) is 32.6 Å². The standard InChI is InChI=1S/C10H16N4O3/c1-6(2)11-3-4-12-8(15)7-5-13-10(17)14-9(7)16/h5-6,11H,3-4H2,1-2H3,(H,12,15)(H2,13,14,16,17). The van der Waals surface area contributed by atoms with E-state index in [0.717, 1.165) is 6.20 Å². The van der Waals surface area contributed by atoms with Crippen molar-refractivity contribution < 1.29 is 4.79 Å². The van der Waals surface area contributed by atoms with E-state index in [0.29, 0.717) is 19.1 Å². The maximum absolute atomic E-state index is 11.5. The summed E-state index contributed by atoms with van der Waals surface area (Å²) in [6.45, 7) is 5.02. The molecule has 0 saturated carbocycles. The second-order valence-electron chi connectivity index (χ2n) is 3.85. The summed E-state index contributed by atoms with van der Waals surface area (Å²) < 4.78 is 0. The summed E-state index contributed by atoms with van der Waals surface area (Å²) in [5.74, 6) is -0.506. The highest BCUT2D eigenvalue weighted by atomic mass is 16.2. The predicted octanol–water partition coefficient (Wildman–Crippen LogP) is -1.21. The zero-order valence-electron chi connectivity index (χ0n) is 9.79. The first kappa shape index (κ1) is 13.2. The average Bonchev–Trinajstić information content (AvgIpc) is 2.23. The SMILES string of the molecule is CC(C)NCCNC(=O)c1c[nH]c(=O)[nH]c1=O. The monoisotopic (exact) mass is 240 g/mol. The molecule has 0 fully saturated rings. The normalized spacial score (nSPS) is 10.5. The maximum Gasteiger partial charge on any atom is 0.325 e. The van der Waals surface area contributed by atoms with E-state index in [-0.39, 0.29) is 5.56 Å². The van der Waals surface area contributed by atoms with Gasteiger partial charge in [-0.1, -0.05) is 13.8 Å². The van der Waals surface area contributed by atoms with Crippen molar-refractivity contribution in [3.8, 4) is 0 Å². The summed E-state index contributed by atoms with van der Waals surface area (Å²) in [5.41, 5.74) is -1.43. The molecule has 0 atom stereocenters. The van der Waals surface area contributed by atoms with Gasteiger partial charge in [0.1, 0.15) is 5.56 Å². The van der Waals surface area contributed by atoms with Crippen molar-refractivity contribution in [1.82, 2.24) is 20.6 Å². The second-order valence-corrected chi connectivity index (χ2v) is 3.85. The molecule has 7 heteroatoms. The summed E-state index contributed by atoms with van der Waals surface area (Å²) in [5, 5.41) is 5.69. The molecule has 4 N–H and O–H groups in total. The molecule has 0 saturated heterocycles. The van der Waals surface area contributed by atoms with Gasteiger partial charge in [0.25, 0.3) is 11.5 Å². The van der Waals surface area contributed by atoms with Crippen LogP contribution in [0.2, 0.25) is 0 Å². The quantitative estimate of drug-likeness (QED) is 0.484. The number of hydrogen-bond donors (Lipinski definition) is 4. The number of aromatic nitrogens is 2. The molecule has 0 aliphatic rings. The topological polar surface area (TPSA) is 107 Å². The highest BCUT2D eigenvalue weighted by molar-refractivity contribution is 5.93. The molecule has 7 nitrogen and oxygen atoms in total. The second kappa shape index (κ2) is 6.00. The van der Waals surface area contributed by atoms with Crippen LogP contribution in [-0.4, -0.2) is 35.0 Å². The largest absolute Gasteiger partial charge is 0.351 e. The third-order valence-electron chi connectivity index (χ3n) is 2.03. The van der Waals surface area contributed by atoms with Gasteiger partial charge in [0, 0.05) is 25.3 Å². The van der Waals surface area contributed by atoms with E-state index in [1.165, 1.54) is 0 Å². The first-order valence-corrected chi connectivity index (χ1v) is 5.34. The molecule has 0 unspecified atom stereocenters. The summed E-state index contributed by atoms with van der Waals surface area (Å²) in [7, 11) is 0. The fraction of sp³-hybridized carbons (Fsp3) is 0.500. The minimum Gasteiger partial charge on any atom is -0.351 e. The number of H-pyrrole nitrogens is 2. The number of amides is 1. The highest BCUT2D eigenvalue weighted by Gasteiger charge is 2.09. The first-order chi connectivity index (χ1) is 8.00. The van der Waals surface area contributed by atoms with Gasteiger partial charge in [-0.2, -0.15) is 0 Å². The molecule has 1 amide bonds. The Morgan fingerprint density at radius 2 is 2.06 bits per heavy atom. The minimum atomic E-state index is -0.692. The van der Waals surface area contributed by atoms with Crippen molar-refractivity contribution >= 4 is 5.91 Å². The van der Waals surface area contributed by atoms with Crippen molar-refractivity contribution in [2.75, 3.05) is 13.1 Å². The maximum atomic E-state index is 11.5. The van der Waals surface area contributed by atoms with Crippen molar-refractivity contribution in [1.29, 1.82) is 0 Å². The molecule has 0 radical (unpaired) electrons. The van der Waals surface area contributed by atoms with Crippen LogP contribution in [0, 0.1) is 0 Å². The van der Waals surface area contributed by atoms with Crippen LogP contribution in [0.4, 0.5) is 0 Å². The fourth-order valence-electron chi connectivity index (χ4n) is 1.21. The number of aromatic amines is 2. The molecule has 94 valence electrons. The lowest BCUT2D eigenvalue weighted by atomic mass is 10.3. The third kappa shape index (κ3) is 4.23. The molecular formula is C10H16N4O3. The van der Waals surface area contributed by atoms with Crippen molar-refractivity contribution in [2.24, 2.45) is 0 Å². The van der Waals surface area contributed by atoms with Gasteiger partial charge in [-0.05, 0) is 0 Å². The Bertz CT molecular complexity index is 489. The van der Waals surface area contributed by atoms with Gasteiger partial charge in [-0.3, -0.25) is 14.6 Å². The highest BCUT2D eigenvalue weighted by Crippen LogP contribution is 1.83. The molecule has 0 bridgehead atoms. The number of rotatable bonds is 5. The van der Waals surface area contributed by atoms with Gasteiger partial charge < -0.3 is 15.6 Å². The van der Waals surface area contributed by atoms with E-state index in [2.05, 4.69) is 15.6 Å². The Kier molecular flexibility index (Phi) is 4.65. The molecule has 0 aliphatic heterocycles. The molecule has 0 spiro atoms. The smallest absolute Gasteiger partial charge is 0.325 e. The molecule has 1 rings (SSSR count). The lowest BCUT2D eigenvalue weighted by Gasteiger charge is -2.08. The van der Waals surface area contributed by atoms with Gasteiger partial charge in [0.05, 0.1) is 0 Å². The van der Waals surface area contributed by atoms with Crippen LogP contribution < -0.4 is 21.9 Å². The van der Waals surface area contributed by atoms with Gasteiger partial charge in [0.15, 0.2) is 0 Å². The van der Waals surface area contributed by atoms with Gasteiger partial charge in [-0.25, -0.2) is 4.79 Å². The number of carbonyl (C=O) groups is 1. The van der Waals surface area contributed by atoms with Crippen LogP contribution in [0.5, 0.6) is 0 Å². The van der Waals surface area contributed by atoms with E-state index in [9.17, 15) is 14.4 Å².